The molecule has 1 fully saturated rings. The zero-order valence-electron chi connectivity index (χ0n) is 16.3. The number of rotatable bonds is 5. The summed E-state index contributed by atoms with van der Waals surface area (Å²) in [6.45, 7) is 0.297. The Morgan fingerprint density at radius 2 is 1.48 bits per heavy atom. The highest BCUT2D eigenvalue weighted by Crippen LogP contribution is 2.29. The van der Waals surface area contributed by atoms with Gasteiger partial charge in [-0.25, -0.2) is 0 Å². The summed E-state index contributed by atoms with van der Waals surface area (Å²) in [5.74, 6) is 0.885. The molecule has 6 heteroatoms. The molecule has 0 saturated carbocycles. The number of carbonyl (C=O) groups is 2. The van der Waals surface area contributed by atoms with Gasteiger partial charge in [0.05, 0.1) is 20.1 Å². The van der Waals surface area contributed by atoms with Crippen LogP contribution in [0.25, 0.3) is 10.8 Å². The van der Waals surface area contributed by atoms with Crippen molar-refractivity contribution in [3.8, 4) is 17.2 Å². The number of esters is 1. The van der Waals surface area contributed by atoms with Gasteiger partial charge in [0.15, 0.2) is 0 Å². The molecule has 6 nitrogen and oxygen atoms in total. The van der Waals surface area contributed by atoms with Gasteiger partial charge in [0.2, 0.25) is 5.91 Å². The lowest BCUT2D eigenvalue weighted by Gasteiger charge is -2.17. The van der Waals surface area contributed by atoms with Gasteiger partial charge >= 0.3 is 5.97 Å². The van der Waals surface area contributed by atoms with Crippen LogP contribution in [0.3, 0.4) is 0 Å². The number of hydrogen-bond donors (Lipinski definition) is 0. The summed E-state index contributed by atoms with van der Waals surface area (Å²) in [6, 6.07) is 18.3. The third kappa shape index (κ3) is 3.87. The minimum Gasteiger partial charge on any atom is -0.497 e. The van der Waals surface area contributed by atoms with Crippen LogP contribution < -0.4 is 19.1 Å². The number of carbonyl (C=O) groups excluding carboxylic acids is 2. The van der Waals surface area contributed by atoms with Crippen molar-refractivity contribution in [2.75, 3.05) is 25.7 Å². The van der Waals surface area contributed by atoms with E-state index < -0.39 is 11.9 Å². The van der Waals surface area contributed by atoms with E-state index in [1.807, 2.05) is 24.3 Å². The van der Waals surface area contributed by atoms with Crippen molar-refractivity contribution in [3.63, 3.8) is 0 Å². The van der Waals surface area contributed by atoms with Crippen LogP contribution in [0.2, 0.25) is 0 Å². The molecule has 1 aliphatic rings. The van der Waals surface area contributed by atoms with Crippen LogP contribution in [0.1, 0.15) is 6.42 Å². The first kappa shape index (κ1) is 18.8. The number of ether oxygens (including phenoxy) is 3. The Morgan fingerprint density at radius 3 is 2.17 bits per heavy atom. The fraction of sp³-hybridized carbons (Fsp3) is 0.217. The third-order valence-electron chi connectivity index (χ3n) is 5.08. The van der Waals surface area contributed by atoms with Gasteiger partial charge in [-0.2, -0.15) is 0 Å². The van der Waals surface area contributed by atoms with Crippen LogP contribution in [0.4, 0.5) is 5.69 Å². The van der Waals surface area contributed by atoms with E-state index in [9.17, 15) is 9.59 Å². The number of methoxy groups -OCH3 is 2. The maximum atomic E-state index is 12.7. The van der Waals surface area contributed by atoms with Gasteiger partial charge in [-0.1, -0.05) is 12.1 Å². The maximum absolute atomic E-state index is 12.7. The number of nitrogens with zero attached hydrogens (tertiary/aromatic N) is 1. The van der Waals surface area contributed by atoms with Crippen molar-refractivity contribution < 1.29 is 23.8 Å². The zero-order valence-corrected chi connectivity index (χ0v) is 16.3. The normalized spacial score (nSPS) is 16.1. The number of hydrogen-bond acceptors (Lipinski definition) is 5. The highest BCUT2D eigenvalue weighted by molar-refractivity contribution is 5.99. The van der Waals surface area contributed by atoms with Crippen molar-refractivity contribution in [2.24, 2.45) is 5.92 Å². The molecule has 0 bridgehead atoms. The molecule has 3 aromatic rings. The van der Waals surface area contributed by atoms with Gasteiger partial charge in [0.1, 0.15) is 17.2 Å². The second kappa shape index (κ2) is 7.83. The lowest BCUT2D eigenvalue weighted by Crippen LogP contribution is -2.27. The molecular weight excluding hydrogens is 370 g/mol. The molecular formula is C23H21NO5. The van der Waals surface area contributed by atoms with Gasteiger partial charge in [-0.3, -0.25) is 9.59 Å². The fourth-order valence-electron chi connectivity index (χ4n) is 3.47. The summed E-state index contributed by atoms with van der Waals surface area (Å²) < 4.78 is 16.0. The summed E-state index contributed by atoms with van der Waals surface area (Å²) in [5.41, 5.74) is 0.740. The maximum Gasteiger partial charge on any atom is 0.316 e. The topological polar surface area (TPSA) is 65.1 Å². The molecule has 4 rings (SSSR count). The summed E-state index contributed by atoms with van der Waals surface area (Å²) >= 11 is 0. The first-order chi connectivity index (χ1) is 14.1. The first-order valence-electron chi connectivity index (χ1n) is 9.31. The molecule has 1 amide bonds. The molecule has 0 aromatic heterocycles. The van der Waals surface area contributed by atoms with Crippen LogP contribution in [-0.4, -0.2) is 32.6 Å². The van der Waals surface area contributed by atoms with Gasteiger partial charge in [-0.15, -0.1) is 0 Å². The van der Waals surface area contributed by atoms with Crippen molar-refractivity contribution in [1.29, 1.82) is 0 Å². The molecule has 0 aliphatic carbocycles. The van der Waals surface area contributed by atoms with E-state index in [2.05, 4.69) is 0 Å². The number of benzene rings is 3. The van der Waals surface area contributed by atoms with Gasteiger partial charge in [0, 0.05) is 18.7 Å². The lowest BCUT2D eigenvalue weighted by atomic mass is 10.1. The van der Waals surface area contributed by atoms with E-state index >= 15 is 0 Å². The first-order valence-corrected chi connectivity index (χ1v) is 9.31. The molecule has 1 atom stereocenters. The molecule has 0 N–H and O–H groups in total. The molecule has 0 spiro atoms. The van der Waals surface area contributed by atoms with Crippen LogP contribution >= 0.6 is 0 Å². The second-order valence-electron chi connectivity index (χ2n) is 6.90. The fourth-order valence-corrected chi connectivity index (χ4v) is 3.47. The SMILES string of the molecule is COc1ccc(N2CC(C(=O)Oc3ccc4ccc(OC)cc4c3)CC2=O)cc1. The van der Waals surface area contributed by atoms with Crippen LogP contribution in [-0.2, 0) is 9.59 Å². The molecule has 1 heterocycles. The van der Waals surface area contributed by atoms with Crippen molar-refractivity contribution in [2.45, 2.75) is 6.42 Å². The highest BCUT2D eigenvalue weighted by atomic mass is 16.5. The molecule has 3 aromatic carbocycles. The Kier molecular flexibility index (Phi) is 5.08. The van der Waals surface area contributed by atoms with Gasteiger partial charge in [0.25, 0.3) is 0 Å². The molecule has 1 unspecified atom stereocenters. The van der Waals surface area contributed by atoms with Crippen molar-refractivity contribution in [1.82, 2.24) is 0 Å². The lowest BCUT2D eigenvalue weighted by molar-refractivity contribution is -0.139. The number of fused-ring (bicyclic) bond motifs is 1. The quantitative estimate of drug-likeness (QED) is 0.489. The predicted molar refractivity (Wildman–Crippen MR) is 110 cm³/mol. The van der Waals surface area contributed by atoms with Crippen molar-refractivity contribution >= 4 is 28.3 Å². The van der Waals surface area contributed by atoms with Crippen molar-refractivity contribution in [3.05, 3.63) is 60.7 Å². The summed E-state index contributed by atoms with van der Waals surface area (Å²) in [6.07, 6.45) is 0.131. The van der Waals surface area contributed by atoms with Crippen LogP contribution in [0.15, 0.2) is 60.7 Å². The summed E-state index contributed by atoms with van der Waals surface area (Å²) in [4.78, 5) is 26.7. The minimum atomic E-state index is -0.509. The van der Waals surface area contributed by atoms with Gasteiger partial charge in [-0.05, 0) is 59.3 Å². The summed E-state index contributed by atoms with van der Waals surface area (Å²) in [5, 5.41) is 1.93. The second-order valence-corrected chi connectivity index (χ2v) is 6.90. The third-order valence-corrected chi connectivity index (χ3v) is 5.08. The predicted octanol–water partition coefficient (Wildman–Crippen LogP) is 3.82. The number of anilines is 1. The van der Waals surface area contributed by atoms with E-state index in [4.69, 9.17) is 14.2 Å². The zero-order chi connectivity index (χ0) is 20.4. The smallest absolute Gasteiger partial charge is 0.316 e. The monoisotopic (exact) mass is 391 g/mol. The van der Waals surface area contributed by atoms with E-state index in [1.54, 1.807) is 55.5 Å². The standard InChI is InChI=1S/C23H21NO5/c1-27-19-9-5-18(6-10-19)24-14-17(13-22(24)25)23(26)29-21-8-4-15-3-7-20(28-2)11-16(15)12-21/h3-12,17H,13-14H2,1-2H3. The molecule has 1 aliphatic heterocycles. The molecule has 0 radical (unpaired) electrons. The summed E-state index contributed by atoms with van der Waals surface area (Å²) in [7, 11) is 3.20. The Morgan fingerprint density at radius 1 is 0.862 bits per heavy atom. The average Bonchev–Trinajstić information content (AvgIpc) is 3.15. The van der Waals surface area contributed by atoms with Gasteiger partial charge < -0.3 is 19.1 Å². The van der Waals surface area contributed by atoms with Crippen LogP contribution in [0, 0.1) is 5.92 Å². The van der Waals surface area contributed by atoms with E-state index in [0.717, 1.165) is 22.2 Å². The molecule has 29 heavy (non-hydrogen) atoms. The minimum absolute atomic E-state index is 0.0969. The van der Waals surface area contributed by atoms with E-state index in [1.165, 1.54) is 0 Å². The van der Waals surface area contributed by atoms with Crippen LogP contribution in [0.5, 0.6) is 17.2 Å². The molecule has 148 valence electrons. The average molecular weight is 391 g/mol. The largest absolute Gasteiger partial charge is 0.497 e. The Labute approximate surface area is 168 Å². The van der Waals surface area contributed by atoms with E-state index in [0.29, 0.717) is 18.0 Å². The Hall–Kier alpha value is -3.54. The van der Waals surface area contributed by atoms with E-state index in [-0.39, 0.29) is 12.3 Å². The Balaban J connectivity index is 1.47. The Bertz CT molecular complexity index is 1060. The molecule has 1 saturated heterocycles. The number of amides is 1. The highest BCUT2D eigenvalue weighted by Gasteiger charge is 2.36.